The topological polar surface area (TPSA) is 51.2 Å². The minimum atomic E-state index is -2.28. The zero-order chi connectivity index (χ0) is 9.42. The van der Waals surface area contributed by atoms with Crippen LogP contribution in [0.3, 0.4) is 0 Å². The summed E-state index contributed by atoms with van der Waals surface area (Å²) in [7, 11) is -2.28. The first-order valence-electron chi connectivity index (χ1n) is 3.78. The Hall–Kier alpha value is -1.42. The molecule has 1 aromatic rings. The van der Waals surface area contributed by atoms with Gasteiger partial charge in [-0.1, -0.05) is 24.3 Å². The smallest absolute Gasteiger partial charge is 0.218 e. The van der Waals surface area contributed by atoms with E-state index < -0.39 is 10.3 Å². The van der Waals surface area contributed by atoms with Gasteiger partial charge in [0.1, 0.15) is 0 Å². The Balaban J connectivity index is 2.82. The molecule has 0 heterocycles. The van der Waals surface area contributed by atoms with Gasteiger partial charge in [0, 0.05) is 11.1 Å². The average molecular weight is 194 g/mol. The van der Waals surface area contributed by atoms with Crippen molar-refractivity contribution in [3.8, 4) is 0 Å². The number of rotatable bonds is 0. The largest absolute Gasteiger partial charge is 0.294 e. The van der Waals surface area contributed by atoms with E-state index in [0.717, 1.165) is 0 Å². The number of benzene rings is 1. The summed E-state index contributed by atoms with van der Waals surface area (Å²) in [6, 6.07) is 6.76. The first kappa shape index (κ1) is 8.19. The minimum absolute atomic E-state index is 0.00938. The van der Waals surface area contributed by atoms with Gasteiger partial charge in [-0.3, -0.25) is 4.79 Å². The van der Waals surface area contributed by atoms with Crippen LogP contribution in [0, 0.1) is 0 Å². The van der Waals surface area contributed by atoms with Gasteiger partial charge in [0.05, 0.1) is 11.3 Å². The first-order chi connectivity index (χ1) is 6.20. The lowest BCUT2D eigenvalue weighted by Crippen LogP contribution is -1.95. The molecular weight excluding hydrogens is 188 g/mol. The SMILES string of the molecule is O=C1CC(=S(=O)=O)c2ccccc21. The Labute approximate surface area is 76.5 Å². The molecule has 0 saturated carbocycles. The zero-order valence-corrected chi connectivity index (χ0v) is 7.47. The van der Waals surface area contributed by atoms with Crippen LogP contribution >= 0.6 is 0 Å². The molecule has 0 amide bonds. The highest BCUT2D eigenvalue weighted by atomic mass is 32.2. The zero-order valence-electron chi connectivity index (χ0n) is 6.65. The number of carbonyl (C=O) groups excluding carboxylic acids is 1. The van der Waals surface area contributed by atoms with Crippen molar-refractivity contribution in [1.82, 2.24) is 0 Å². The van der Waals surface area contributed by atoms with Crippen LogP contribution in [-0.2, 0) is 10.3 Å². The van der Waals surface area contributed by atoms with Gasteiger partial charge in [-0.15, -0.1) is 0 Å². The fraction of sp³-hybridized carbons (Fsp3) is 0.111. The van der Waals surface area contributed by atoms with Gasteiger partial charge in [-0.2, -0.15) is 8.42 Å². The van der Waals surface area contributed by atoms with Crippen molar-refractivity contribution in [2.24, 2.45) is 0 Å². The third kappa shape index (κ3) is 1.19. The first-order valence-corrected chi connectivity index (χ1v) is 4.85. The van der Waals surface area contributed by atoms with Gasteiger partial charge in [0.15, 0.2) is 5.78 Å². The van der Waals surface area contributed by atoms with Crippen LogP contribution in [0.25, 0.3) is 0 Å². The molecule has 3 nitrogen and oxygen atoms in total. The second-order valence-corrected chi connectivity index (χ2v) is 3.77. The van der Waals surface area contributed by atoms with Crippen molar-refractivity contribution < 1.29 is 13.2 Å². The highest BCUT2D eigenvalue weighted by Crippen LogP contribution is 2.21. The van der Waals surface area contributed by atoms with Crippen molar-refractivity contribution in [3.05, 3.63) is 35.4 Å². The Morgan fingerprint density at radius 1 is 1.08 bits per heavy atom. The van der Waals surface area contributed by atoms with Crippen LogP contribution in [0.4, 0.5) is 0 Å². The van der Waals surface area contributed by atoms with Gasteiger partial charge in [-0.05, 0) is 0 Å². The lowest BCUT2D eigenvalue weighted by Gasteiger charge is -1.92. The maximum atomic E-state index is 11.3. The highest BCUT2D eigenvalue weighted by molar-refractivity contribution is 7.73. The summed E-state index contributed by atoms with van der Waals surface area (Å²) < 4.78 is 21.4. The van der Waals surface area contributed by atoms with Crippen LogP contribution in [0.5, 0.6) is 0 Å². The Morgan fingerprint density at radius 3 is 2.31 bits per heavy atom. The molecule has 0 radical (unpaired) electrons. The summed E-state index contributed by atoms with van der Waals surface area (Å²) in [4.78, 5) is 11.5. The van der Waals surface area contributed by atoms with Crippen LogP contribution in [-0.4, -0.2) is 19.1 Å². The molecular formula is C9H6O3S. The summed E-state index contributed by atoms with van der Waals surface area (Å²) >= 11 is 0. The summed E-state index contributed by atoms with van der Waals surface area (Å²) in [5.74, 6) is -0.116. The molecule has 13 heavy (non-hydrogen) atoms. The minimum Gasteiger partial charge on any atom is -0.294 e. The Morgan fingerprint density at radius 2 is 1.69 bits per heavy atom. The van der Waals surface area contributed by atoms with Gasteiger partial charge >= 0.3 is 0 Å². The Kier molecular flexibility index (Phi) is 1.77. The summed E-state index contributed by atoms with van der Waals surface area (Å²) in [5.41, 5.74) is 1.07. The number of hydrogen-bond acceptors (Lipinski definition) is 3. The quantitative estimate of drug-likeness (QED) is 0.570. The van der Waals surface area contributed by atoms with Crippen molar-refractivity contribution in [2.45, 2.75) is 6.42 Å². The Bertz CT molecular complexity index is 503. The second-order valence-electron chi connectivity index (χ2n) is 2.80. The van der Waals surface area contributed by atoms with E-state index in [0.29, 0.717) is 11.1 Å². The predicted octanol–water partition coefficient (Wildman–Crippen LogP) is 0.673. The van der Waals surface area contributed by atoms with E-state index in [-0.39, 0.29) is 17.1 Å². The van der Waals surface area contributed by atoms with Crippen molar-refractivity contribution in [2.75, 3.05) is 0 Å². The van der Waals surface area contributed by atoms with Gasteiger partial charge in [0.2, 0.25) is 10.3 Å². The molecule has 0 saturated heterocycles. The van der Waals surface area contributed by atoms with Crippen molar-refractivity contribution in [3.63, 3.8) is 0 Å². The molecule has 0 spiro atoms. The molecule has 1 aromatic carbocycles. The summed E-state index contributed by atoms with van der Waals surface area (Å²) in [6.45, 7) is 0. The van der Waals surface area contributed by atoms with Gasteiger partial charge < -0.3 is 0 Å². The van der Waals surface area contributed by atoms with Crippen molar-refractivity contribution >= 4 is 20.9 Å². The molecule has 1 aliphatic rings. The van der Waals surface area contributed by atoms with E-state index in [1.165, 1.54) is 0 Å². The molecule has 0 atom stereocenters. The maximum Gasteiger partial charge on any atom is 0.218 e. The number of carbonyl (C=O) groups is 1. The predicted molar refractivity (Wildman–Crippen MR) is 48.4 cm³/mol. The molecule has 0 fully saturated rings. The van der Waals surface area contributed by atoms with Crippen LogP contribution in [0.2, 0.25) is 0 Å². The monoisotopic (exact) mass is 194 g/mol. The van der Waals surface area contributed by atoms with E-state index in [4.69, 9.17) is 0 Å². The third-order valence-corrected chi connectivity index (χ3v) is 2.82. The lowest BCUT2D eigenvalue weighted by molar-refractivity contribution is 0.101. The number of hydrogen-bond donors (Lipinski definition) is 0. The van der Waals surface area contributed by atoms with E-state index in [1.807, 2.05) is 0 Å². The van der Waals surface area contributed by atoms with Crippen molar-refractivity contribution in [1.29, 1.82) is 0 Å². The molecule has 0 unspecified atom stereocenters. The average Bonchev–Trinajstić information content (AvgIpc) is 2.45. The lowest BCUT2D eigenvalue weighted by atomic mass is 10.1. The normalized spacial score (nSPS) is 14.5. The maximum absolute atomic E-state index is 11.3. The summed E-state index contributed by atoms with van der Waals surface area (Å²) in [5, 5.41) is 0. The molecule has 0 aromatic heterocycles. The molecule has 0 bridgehead atoms. The van der Waals surface area contributed by atoms with Crippen LogP contribution in [0.1, 0.15) is 22.3 Å². The highest BCUT2D eigenvalue weighted by Gasteiger charge is 2.25. The van der Waals surface area contributed by atoms with E-state index in [1.54, 1.807) is 24.3 Å². The number of fused-ring (bicyclic) bond motifs is 1. The fourth-order valence-corrected chi connectivity index (χ4v) is 2.06. The number of Topliss-reactive ketones (excluding diaryl/α,β-unsaturated/α-hetero) is 1. The second kappa shape index (κ2) is 2.81. The number of ketones is 1. The molecule has 1 aliphatic carbocycles. The van der Waals surface area contributed by atoms with Crippen LogP contribution in [0.15, 0.2) is 24.3 Å². The van der Waals surface area contributed by atoms with Gasteiger partial charge in [-0.25, -0.2) is 0 Å². The molecule has 2 rings (SSSR count). The fourth-order valence-electron chi connectivity index (χ4n) is 1.45. The molecule has 0 aliphatic heterocycles. The third-order valence-electron chi connectivity index (χ3n) is 2.05. The van der Waals surface area contributed by atoms with Crippen LogP contribution < -0.4 is 0 Å². The molecule has 0 N–H and O–H groups in total. The van der Waals surface area contributed by atoms with Gasteiger partial charge in [0.25, 0.3) is 0 Å². The summed E-state index contributed by atoms with van der Waals surface area (Å²) in [6.07, 6.45) is 0.00938. The molecule has 66 valence electrons. The standard InChI is InChI=1S/C9H6O3S/c10-8-5-9(13(11)12)7-4-2-1-3-6(7)8/h1-4H,5H2. The van der Waals surface area contributed by atoms with E-state index >= 15 is 0 Å². The van der Waals surface area contributed by atoms with E-state index in [9.17, 15) is 13.2 Å². The molecule has 4 heteroatoms. The van der Waals surface area contributed by atoms with E-state index in [2.05, 4.69) is 0 Å².